The van der Waals surface area contributed by atoms with E-state index in [2.05, 4.69) is 0 Å². The standard InChI is InChI=1S/C13H15F3N2O6S/c1-3-6-25(22,23)17(8-13(14,15)16)12(19)9-4-5-10(18(20)21)11(7-9)24-2/h4-5,7H,3,6,8H2,1-2H3. The molecule has 8 nitrogen and oxygen atoms in total. The Hall–Kier alpha value is -2.37. The maximum absolute atomic E-state index is 12.7. The number of methoxy groups -OCH3 is 1. The van der Waals surface area contributed by atoms with Crippen molar-refractivity contribution in [2.45, 2.75) is 19.5 Å². The molecule has 0 saturated heterocycles. The van der Waals surface area contributed by atoms with Gasteiger partial charge in [0.15, 0.2) is 5.75 Å². The second kappa shape index (κ2) is 7.68. The van der Waals surface area contributed by atoms with Gasteiger partial charge in [-0.2, -0.15) is 13.2 Å². The number of sulfonamides is 1. The summed E-state index contributed by atoms with van der Waals surface area (Å²) in [4.78, 5) is 22.3. The van der Waals surface area contributed by atoms with E-state index >= 15 is 0 Å². The minimum atomic E-state index is -4.94. The van der Waals surface area contributed by atoms with Gasteiger partial charge >= 0.3 is 11.9 Å². The van der Waals surface area contributed by atoms with Crippen molar-refractivity contribution in [1.29, 1.82) is 0 Å². The summed E-state index contributed by atoms with van der Waals surface area (Å²) in [7, 11) is -3.44. The highest BCUT2D eigenvalue weighted by Gasteiger charge is 2.39. The number of carbonyl (C=O) groups excluding carboxylic acids is 1. The highest BCUT2D eigenvalue weighted by Crippen LogP contribution is 2.29. The molecule has 0 unspecified atom stereocenters. The quantitative estimate of drug-likeness (QED) is 0.528. The number of hydrogen-bond acceptors (Lipinski definition) is 6. The molecule has 0 aliphatic rings. The number of nitro groups is 1. The van der Waals surface area contributed by atoms with Crippen molar-refractivity contribution < 1.29 is 36.0 Å². The molecule has 0 radical (unpaired) electrons. The van der Waals surface area contributed by atoms with E-state index in [0.717, 1.165) is 25.3 Å². The highest BCUT2D eigenvalue weighted by atomic mass is 32.2. The van der Waals surface area contributed by atoms with Crippen molar-refractivity contribution >= 4 is 21.6 Å². The Kier molecular flexibility index (Phi) is 6.35. The zero-order chi connectivity index (χ0) is 19.4. The highest BCUT2D eigenvalue weighted by molar-refractivity contribution is 7.89. The monoisotopic (exact) mass is 384 g/mol. The predicted molar refractivity (Wildman–Crippen MR) is 80.8 cm³/mol. The number of alkyl halides is 3. The first-order valence-electron chi connectivity index (χ1n) is 6.87. The van der Waals surface area contributed by atoms with Crippen LogP contribution in [0, 0.1) is 10.1 Å². The Morgan fingerprint density at radius 3 is 2.40 bits per heavy atom. The molecule has 0 bridgehead atoms. The van der Waals surface area contributed by atoms with Gasteiger partial charge in [0.2, 0.25) is 10.0 Å². The van der Waals surface area contributed by atoms with Gasteiger partial charge < -0.3 is 4.74 Å². The van der Waals surface area contributed by atoms with Gasteiger partial charge in [-0.25, -0.2) is 12.7 Å². The third-order valence-electron chi connectivity index (χ3n) is 2.97. The van der Waals surface area contributed by atoms with E-state index in [1.165, 1.54) is 6.92 Å². The molecule has 25 heavy (non-hydrogen) atoms. The van der Waals surface area contributed by atoms with Crippen LogP contribution in [0.4, 0.5) is 18.9 Å². The lowest BCUT2D eigenvalue weighted by Gasteiger charge is -2.23. The Labute approximate surface area is 141 Å². The topological polar surface area (TPSA) is 107 Å². The molecule has 0 aliphatic carbocycles. The van der Waals surface area contributed by atoms with Gasteiger partial charge in [-0.1, -0.05) is 6.92 Å². The molecule has 0 fully saturated rings. The number of nitro benzene ring substituents is 1. The van der Waals surface area contributed by atoms with Crippen LogP contribution in [0.25, 0.3) is 0 Å². The molecule has 1 aromatic rings. The molecule has 1 amide bonds. The van der Waals surface area contributed by atoms with Gasteiger partial charge in [0.25, 0.3) is 5.91 Å². The Bertz CT molecular complexity index is 764. The van der Waals surface area contributed by atoms with Gasteiger partial charge in [-0.05, 0) is 12.5 Å². The normalized spacial score (nSPS) is 11.9. The second-order valence-corrected chi connectivity index (χ2v) is 6.90. The lowest BCUT2D eigenvalue weighted by atomic mass is 10.1. The fourth-order valence-corrected chi connectivity index (χ4v) is 3.37. The lowest BCUT2D eigenvalue weighted by molar-refractivity contribution is -0.385. The Morgan fingerprint density at radius 1 is 1.36 bits per heavy atom. The first-order valence-corrected chi connectivity index (χ1v) is 8.47. The minimum Gasteiger partial charge on any atom is -0.490 e. The van der Waals surface area contributed by atoms with Crippen molar-refractivity contribution in [3.8, 4) is 5.75 Å². The lowest BCUT2D eigenvalue weighted by Crippen LogP contribution is -2.44. The molecule has 0 saturated carbocycles. The molecule has 1 rings (SSSR count). The maximum Gasteiger partial charge on any atom is 0.407 e. The van der Waals surface area contributed by atoms with Crippen LogP contribution < -0.4 is 4.74 Å². The minimum absolute atomic E-state index is 0.00749. The van der Waals surface area contributed by atoms with E-state index in [1.807, 2.05) is 0 Å². The second-order valence-electron chi connectivity index (χ2n) is 4.89. The van der Waals surface area contributed by atoms with Gasteiger partial charge in [-0.3, -0.25) is 14.9 Å². The predicted octanol–water partition coefficient (Wildman–Crippen LogP) is 2.35. The Morgan fingerprint density at radius 2 is 1.96 bits per heavy atom. The van der Waals surface area contributed by atoms with E-state index in [4.69, 9.17) is 4.74 Å². The van der Waals surface area contributed by atoms with Gasteiger partial charge in [0, 0.05) is 17.7 Å². The summed E-state index contributed by atoms with van der Waals surface area (Å²) >= 11 is 0. The van der Waals surface area contributed by atoms with Crippen LogP contribution in [0.3, 0.4) is 0 Å². The third kappa shape index (κ3) is 5.31. The zero-order valence-electron chi connectivity index (χ0n) is 13.2. The molecule has 0 spiro atoms. The summed E-state index contributed by atoms with van der Waals surface area (Å²) in [5, 5.41) is 10.8. The smallest absolute Gasteiger partial charge is 0.407 e. The molecular formula is C13H15F3N2O6S. The fraction of sp³-hybridized carbons (Fsp3) is 0.462. The van der Waals surface area contributed by atoms with Crippen LogP contribution in [0.5, 0.6) is 5.75 Å². The van der Waals surface area contributed by atoms with Crippen LogP contribution >= 0.6 is 0 Å². The number of nitrogens with zero attached hydrogens (tertiary/aromatic N) is 2. The summed E-state index contributed by atoms with van der Waals surface area (Å²) in [6, 6.07) is 2.55. The van der Waals surface area contributed by atoms with Crippen LogP contribution in [0.15, 0.2) is 18.2 Å². The largest absolute Gasteiger partial charge is 0.490 e. The molecular weight excluding hydrogens is 369 g/mol. The average molecular weight is 384 g/mol. The van der Waals surface area contributed by atoms with Crippen LogP contribution in [0.2, 0.25) is 0 Å². The molecule has 0 N–H and O–H groups in total. The number of amides is 1. The molecule has 12 heteroatoms. The van der Waals surface area contributed by atoms with Crippen LogP contribution in [-0.2, 0) is 10.0 Å². The molecule has 0 atom stereocenters. The van der Waals surface area contributed by atoms with E-state index < -0.39 is 50.6 Å². The summed E-state index contributed by atoms with van der Waals surface area (Å²) < 4.78 is 66.6. The van der Waals surface area contributed by atoms with Gasteiger partial charge in [0.1, 0.15) is 6.54 Å². The number of carbonyl (C=O) groups is 1. The van der Waals surface area contributed by atoms with Gasteiger partial charge in [-0.15, -0.1) is 0 Å². The molecule has 0 aromatic heterocycles. The first kappa shape index (κ1) is 20.7. The fourth-order valence-electron chi connectivity index (χ4n) is 1.93. The molecule has 0 heterocycles. The van der Waals surface area contributed by atoms with Crippen molar-refractivity contribution in [2.75, 3.05) is 19.4 Å². The third-order valence-corrected chi connectivity index (χ3v) is 4.86. The van der Waals surface area contributed by atoms with Crippen molar-refractivity contribution in [3.63, 3.8) is 0 Å². The van der Waals surface area contributed by atoms with Crippen molar-refractivity contribution in [2.24, 2.45) is 0 Å². The van der Waals surface area contributed by atoms with E-state index in [1.54, 1.807) is 0 Å². The van der Waals surface area contributed by atoms with Crippen LogP contribution in [0.1, 0.15) is 23.7 Å². The van der Waals surface area contributed by atoms with E-state index in [9.17, 15) is 36.5 Å². The van der Waals surface area contributed by atoms with Gasteiger partial charge in [0.05, 0.1) is 17.8 Å². The summed E-state index contributed by atoms with van der Waals surface area (Å²) in [5.41, 5.74) is -0.996. The first-order chi connectivity index (χ1) is 11.4. The number of benzene rings is 1. The van der Waals surface area contributed by atoms with E-state index in [-0.39, 0.29) is 16.5 Å². The maximum atomic E-state index is 12.7. The number of halogens is 3. The summed E-state index contributed by atoms with van der Waals surface area (Å²) in [6.45, 7) is -0.559. The zero-order valence-corrected chi connectivity index (χ0v) is 14.1. The summed E-state index contributed by atoms with van der Waals surface area (Å²) in [5.74, 6) is -2.48. The van der Waals surface area contributed by atoms with Crippen molar-refractivity contribution in [1.82, 2.24) is 4.31 Å². The number of hydrogen-bond donors (Lipinski definition) is 0. The average Bonchev–Trinajstić information content (AvgIpc) is 2.50. The number of rotatable bonds is 7. The molecule has 140 valence electrons. The molecule has 1 aromatic carbocycles. The number of ether oxygens (including phenoxy) is 1. The van der Waals surface area contributed by atoms with E-state index in [0.29, 0.717) is 0 Å². The SMILES string of the molecule is CCCS(=O)(=O)N(CC(F)(F)F)C(=O)c1ccc([N+](=O)[O-])c(OC)c1. The molecule has 0 aliphatic heterocycles. The Balaban J connectivity index is 3.36. The van der Waals surface area contributed by atoms with Crippen molar-refractivity contribution in [3.05, 3.63) is 33.9 Å². The summed E-state index contributed by atoms with van der Waals surface area (Å²) in [6.07, 6.45) is -4.94. The van der Waals surface area contributed by atoms with Crippen LogP contribution in [-0.4, -0.2) is 49.1 Å².